The zero-order valence-electron chi connectivity index (χ0n) is 17.6. The standard InChI is InChI=1S/C24H23F3N2O3/c1-15(2)11-16-3-5-17(6-4-16)12-22(30)29-21-8-7-19(13-20(21)24(25,26)27)28-23(31)18-9-10-32-14-18/h3-10,13-15H,11-12H2,1-2H3,(H,28,31)(H,29,30). The first-order chi connectivity index (χ1) is 15.1. The first-order valence-corrected chi connectivity index (χ1v) is 10.0. The summed E-state index contributed by atoms with van der Waals surface area (Å²) in [5.41, 5.74) is 0.533. The summed E-state index contributed by atoms with van der Waals surface area (Å²) in [4.78, 5) is 24.4. The number of amides is 2. The highest BCUT2D eigenvalue weighted by Crippen LogP contribution is 2.36. The maximum absolute atomic E-state index is 13.6. The molecule has 5 nitrogen and oxygen atoms in total. The number of carbonyl (C=O) groups is 2. The molecule has 2 N–H and O–H groups in total. The van der Waals surface area contributed by atoms with E-state index in [0.29, 0.717) is 11.5 Å². The molecule has 0 saturated carbocycles. The van der Waals surface area contributed by atoms with Crippen LogP contribution in [0.2, 0.25) is 0 Å². The molecular weight excluding hydrogens is 421 g/mol. The third-order valence-electron chi connectivity index (χ3n) is 4.67. The van der Waals surface area contributed by atoms with Gasteiger partial charge in [-0.15, -0.1) is 0 Å². The van der Waals surface area contributed by atoms with Gasteiger partial charge in [0.15, 0.2) is 0 Å². The van der Waals surface area contributed by atoms with Crippen LogP contribution < -0.4 is 10.6 Å². The van der Waals surface area contributed by atoms with Gasteiger partial charge in [0.2, 0.25) is 5.91 Å². The summed E-state index contributed by atoms with van der Waals surface area (Å²) in [6.45, 7) is 4.21. The summed E-state index contributed by atoms with van der Waals surface area (Å²) in [6.07, 6.45) is -1.41. The molecule has 168 valence electrons. The van der Waals surface area contributed by atoms with Crippen molar-refractivity contribution in [2.24, 2.45) is 5.92 Å². The molecule has 0 aliphatic carbocycles. The summed E-state index contributed by atoms with van der Waals surface area (Å²) >= 11 is 0. The van der Waals surface area contributed by atoms with Gasteiger partial charge in [-0.2, -0.15) is 13.2 Å². The van der Waals surface area contributed by atoms with Crippen LogP contribution in [0.3, 0.4) is 0 Å². The molecule has 1 aromatic heterocycles. The van der Waals surface area contributed by atoms with Gasteiger partial charge < -0.3 is 15.1 Å². The van der Waals surface area contributed by atoms with Crippen LogP contribution in [0.4, 0.5) is 24.5 Å². The predicted molar refractivity (Wildman–Crippen MR) is 115 cm³/mol. The van der Waals surface area contributed by atoms with Gasteiger partial charge >= 0.3 is 6.18 Å². The Kier molecular flexibility index (Phi) is 7.02. The number of halogens is 3. The SMILES string of the molecule is CC(C)Cc1ccc(CC(=O)Nc2ccc(NC(=O)c3ccoc3)cc2C(F)(F)F)cc1. The van der Waals surface area contributed by atoms with E-state index in [-0.39, 0.29) is 23.4 Å². The molecular formula is C24H23F3N2O3. The van der Waals surface area contributed by atoms with E-state index in [9.17, 15) is 22.8 Å². The number of hydrogen-bond donors (Lipinski definition) is 2. The van der Waals surface area contributed by atoms with E-state index in [1.165, 1.54) is 24.7 Å². The highest BCUT2D eigenvalue weighted by Gasteiger charge is 2.34. The molecule has 2 amide bonds. The number of benzene rings is 2. The maximum Gasteiger partial charge on any atom is 0.418 e. The first kappa shape index (κ1) is 23.1. The molecule has 0 fully saturated rings. The Balaban J connectivity index is 1.72. The van der Waals surface area contributed by atoms with Crippen molar-refractivity contribution in [3.05, 3.63) is 83.3 Å². The van der Waals surface area contributed by atoms with E-state index < -0.39 is 23.6 Å². The fourth-order valence-electron chi connectivity index (χ4n) is 3.21. The van der Waals surface area contributed by atoms with E-state index in [1.54, 1.807) is 12.1 Å². The topological polar surface area (TPSA) is 71.3 Å². The van der Waals surface area contributed by atoms with Gasteiger partial charge in [-0.25, -0.2) is 0 Å². The average Bonchev–Trinajstić information content (AvgIpc) is 3.24. The summed E-state index contributed by atoms with van der Waals surface area (Å²) in [7, 11) is 0. The molecule has 0 aliphatic rings. The van der Waals surface area contributed by atoms with Gasteiger partial charge in [-0.3, -0.25) is 9.59 Å². The van der Waals surface area contributed by atoms with E-state index in [2.05, 4.69) is 24.5 Å². The summed E-state index contributed by atoms with van der Waals surface area (Å²) in [5, 5.41) is 4.72. The minimum atomic E-state index is -4.72. The van der Waals surface area contributed by atoms with Crippen LogP contribution in [0.5, 0.6) is 0 Å². The molecule has 0 saturated heterocycles. The molecule has 0 radical (unpaired) electrons. The quantitative estimate of drug-likeness (QED) is 0.474. The van der Waals surface area contributed by atoms with E-state index >= 15 is 0 Å². The summed E-state index contributed by atoms with van der Waals surface area (Å²) in [5.74, 6) is -0.677. The van der Waals surface area contributed by atoms with E-state index in [4.69, 9.17) is 4.42 Å². The second-order valence-electron chi connectivity index (χ2n) is 7.86. The van der Waals surface area contributed by atoms with Gasteiger partial charge in [0.25, 0.3) is 5.91 Å². The summed E-state index contributed by atoms with van der Waals surface area (Å²) in [6, 6.07) is 12.0. The van der Waals surface area contributed by atoms with Crippen LogP contribution in [0.15, 0.2) is 65.5 Å². The second-order valence-corrected chi connectivity index (χ2v) is 7.86. The number of rotatable bonds is 7. The van der Waals surface area contributed by atoms with Crippen molar-refractivity contribution < 1.29 is 27.2 Å². The van der Waals surface area contributed by atoms with Crippen LogP contribution in [0, 0.1) is 5.92 Å². The van der Waals surface area contributed by atoms with Crippen molar-refractivity contribution in [3.63, 3.8) is 0 Å². The third-order valence-corrected chi connectivity index (χ3v) is 4.67. The van der Waals surface area contributed by atoms with Crippen molar-refractivity contribution in [1.82, 2.24) is 0 Å². The minimum absolute atomic E-state index is 0.0535. The zero-order valence-corrected chi connectivity index (χ0v) is 17.6. The van der Waals surface area contributed by atoms with Crippen molar-refractivity contribution in [2.75, 3.05) is 10.6 Å². The lowest BCUT2D eigenvalue weighted by molar-refractivity contribution is -0.136. The Bertz CT molecular complexity index is 1070. The van der Waals surface area contributed by atoms with Gasteiger partial charge in [0, 0.05) is 5.69 Å². The van der Waals surface area contributed by atoms with Crippen LogP contribution in [0.1, 0.15) is 40.9 Å². The van der Waals surface area contributed by atoms with Crippen LogP contribution in [-0.4, -0.2) is 11.8 Å². The molecule has 1 heterocycles. The lowest BCUT2D eigenvalue weighted by Gasteiger charge is -2.16. The van der Waals surface area contributed by atoms with Gasteiger partial charge in [-0.05, 0) is 47.7 Å². The van der Waals surface area contributed by atoms with E-state index in [0.717, 1.165) is 24.1 Å². The fourth-order valence-corrected chi connectivity index (χ4v) is 3.21. The van der Waals surface area contributed by atoms with Crippen LogP contribution in [0.25, 0.3) is 0 Å². The van der Waals surface area contributed by atoms with Crippen molar-refractivity contribution in [3.8, 4) is 0 Å². The summed E-state index contributed by atoms with van der Waals surface area (Å²) < 4.78 is 45.6. The molecule has 2 aromatic carbocycles. The smallest absolute Gasteiger partial charge is 0.418 e. The fraction of sp³-hybridized carbons (Fsp3) is 0.250. The molecule has 0 unspecified atom stereocenters. The third kappa shape index (κ3) is 6.23. The minimum Gasteiger partial charge on any atom is -0.472 e. The number of hydrogen-bond acceptors (Lipinski definition) is 3. The highest BCUT2D eigenvalue weighted by molar-refractivity contribution is 6.04. The number of alkyl halides is 3. The highest BCUT2D eigenvalue weighted by atomic mass is 19.4. The largest absolute Gasteiger partial charge is 0.472 e. The van der Waals surface area contributed by atoms with Crippen molar-refractivity contribution in [2.45, 2.75) is 32.9 Å². The monoisotopic (exact) mass is 444 g/mol. The molecule has 8 heteroatoms. The lowest BCUT2D eigenvalue weighted by atomic mass is 10.0. The van der Waals surface area contributed by atoms with Gasteiger partial charge in [0.1, 0.15) is 6.26 Å². The molecule has 32 heavy (non-hydrogen) atoms. The first-order valence-electron chi connectivity index (χ1n) is 10.0. The van der Waals surface area contributed by atoms with Crippen molar-refractivity contribution in [1.29, 1.82) is 0 Å². The van der Waals surface area contributed by atoms with Gasteiger partial charge in [0.05, 0.1) is 29.5 Å². The number of carbonyl (C=O) groups excluding carboxylic acids is 2. The maximum atomic E-state index is 13.6. The number of nitrogens with one attached hydrogen (secondary N) is 2. The number of anilines is 2. The Morgan fingerprint density at radius 1 is 0.969 bits per heavy atom. The molecule has 3 aromatic rings. The van der Waals surface area contributed by atoms with E-state index in [1.807, 2.05) is 12.1 Å². The molecule has 0 aliphatic heterocycles. The Morgan fingerprint density at radius 3 is 2.25 bits per heavy atom. The lowest BCUT2D eigenvalue weighted by Crippen LogP contribution is -2.19. The Hall–Kier alpha value is -3.55. The van der Waals surface area contributed by atoms with Crippen LogP contribution in [-0.2, 0) is 23.8 Å². The number of furan rings is 1. The predicted octanol–water partition coefficient (Wildman–Crippen LogP) is 5.93. The van der Waals surface area contributed by atoms with Crippen LogP contribution >= 0.6 is 0 Å². The Morgan fingerprint density at radius 2 is 1.66 bits per heavy atom. The van der Waals surface area contributed by atoms with Gasteiger partial charge in [-0.1, -0.05) is 38.1 Å². The second kappa shape index (κ2) is 9.72. The molecule has 0 atom stereocenters. The zero-order chi connectivity index (χ0) is 23.3. The molecule has 0 spiro atoms. The average molecular weight is 444 g/mol. The molecule has 0 bridgehead atoms. The molecule has 3 rings (SSSR count). The normalized spacial score (nSPS) is 11.4. The Labute approximate surface area is 183 Å². The van der Waals surface area contributed by atoms with Crippen molar-refractivity contribution >= 4 is 23.2 Å².